The first-order valence-corrected chi connectivity index (χ1v) is 6.50. The van der Waals surface area contributed by atoms with Gasteiger partial charge in [-0.25, -0.2) is 4.68 Å². The lowest BCUT2D eigenvalue weighted by Crippen LogP contribution is -2.24. The molecular formula is C14H17N3O. The summed E-state index contributed by atoms with van der Waals surface area (Å²) in [7, 11) is 0. The number of benzene rings is 1. The fourth-order valence-electron chi connectivity index (χ4n) is 2.72. The average molecular weight is 243 g/mol. The first-order chi connectivity index (χ1) is 8.86. The third-order valence-electron chi connectivity index (χ3n) is 3.69. The molecule has 0 saturated heterocycles. The number of rotatable bonds is 2. The van der Waals surface area contributed by atoms with E-state index in [1.807, 2.05) is 35.0 Å². The molecule has 2 unspecified atom stereocenters. The second-order valence-electron chi connectivity index (χ2n) is 4.86. The van der Waals surface area contributed by atoms with Crippen molar-refractivity contribution in [2.45, 2.75) is 37.7 Å². The average Bonchev–Trinajstić information content (AvgIpc) is 2.89. The van der Waals surface area contributed by atoms with E-state index in [4.69, 9.17) is 0 Å². The molecule has 0 aliphatic heterocycles. The molecule has 94 valence electrons. The second kappa shape index (κ2) is 4.90. The summed E-state index contributed by atoms with van der Waals surface area (Å²) >= 11 is 0. The van der Waals surface area contributed by atoms with Crippen molar-refractivity contribution in [1.29, 1.82) is 0 Å². The zero-order valence-corrected chi connectivity index (χ0v) is 10.2. The number of para-hydroxylation sites is 1. The Morgan fingerprint density at radius 1 is 1.11 bits per heavy atom. The molecule has 2 aromatic rings. The first-order valence-electron chi connectivity index (χ1n) is 6.50. The van der Waals surface area contributed by atoms with Crippen LogP contribution in [-0.2, 0) is 0 Å². The van der Waals surface area contributed by atoms with Gasteiger partial charge in [0, 0.05) is 5.92 Å². The number of nitrogens with zero attached hydrogens (tertiary/aromatic N) is 3. The molecule has 1 aromatic heterocycles. The SMILES string of the molecule is OC1CCCCC1c1cnnn1-c1ccccc1. The van der Waals surface area contributed by atoms with Crippen molar-refractivity contribution >= 4 is 0 Å². The van der Waals surface area contributed by atoms with Gasteiger partial charge in [-0.1, -0.05) is 36.3 Å². The number of aliphatic hydroxyl groups excluding tert-OH is 1. The van der Waals surface area contributed by atoms with E-state index in [0.717, 1.165) is 30.6 Å². The van der Waals surface area contributed by atoms with Gasteiger partial charge in [-0.2, -0.15) is 0 Å². The first kappa shape index (κ1) is 11.4. The van der Waals surface area contributed by atoms with Gasteiger partial charge in [-0.15, -0.1) is 5.10 Å². The van der Waals surface area contributed by atoms with E-state index in [-0.39, 0.29) is 12.0 Å². The van der Waals surface area contributed by atoms with Crippen LogP contribution in [0.25, 0.3) is 5.69 Å². The summed E-state index contributed by atoms with van der Waals surface area (Å²) in [5.74, 6) is 0.161. The van der Waals surface area contributed by atoms with Gasteiger partial charge in [0.05, 0.1) is 23.7 Å². The van der Waals surface area contributed by atoms with Crippen LogP contribution in [0.3, 0.4) is 0 Å². The number of hydrogen-bond donors (Lipinski definition) is 1. The van der Waals surface area contributed by atoms with Crippen molar-refractivity contribution in [3.05, 3.63) is 42.2 Å². The van der Waals surface area contributed by atoms with E-state index in [9.17, 15) is 5.11 Å². The molecule has 0 bridgehead atoms. The molecule has 1 heterocycles. The van der Waals surface area contributed by atoms with Gasteiger partial charge in [0.2, 0.25) is 0 Å². The van der Waals surface area contributed by atoms with Gasteiger partial charge in [0.15, 0.2) is 0 Å². The van der Waals surface area contributed by atoms with Gasteiger partial charge >= 0.3 is 0 Å². The fourth-order valence-corrected chi connectivity index (χ4v) is 2.72. The van der Waals surface area contributed by atoms with Crippen LogP contribution in [0.5, 0.6) is 0 Å². The van der Waals surface area contributed by atoms with Crippen LogP contribution in [0, 0.1) is 0 Å². The molecule has 1 fully saturated rings. The molecule has 0 spiro atoms. The highest BCUT2D eigenvalue weighted by molar-refractivity contribution is 5.32. The van der Waals surface area contributed by atoms with Crippen LogP contribution in [-0.4, -0.2) is 26.2 Å². The van der Waals surface area contributed by atoms with Crippen LogP contribution in [0.2, 0.25) is 0 Å². The number of hydrogen-bond acceptors (Lipinski definition) is 3. The minimum atomic E-state index is -0.264. The van der Waals surface area contributed by atoms with Crippen LogP contribution < -0.4 is 0 Å². The summed E-state index contributed by atoms with van der Waals surface area (Å²) in [6, 6.07) is 9.96. The monoisotopic (exact) mass is 243 g/mol. The number of aromatic nitrogens is 3. The van der Waals surface area contributed by atoms with Gasteiger partial charge in [0.25, 0.3) is 0 Å². The summed E-state index contributed by atoms with van der Waals surface area (Å²) in [6.07, 6.45) is 5.70. The minimum absolute atomic E-state index is 0.161. The molecule has 1 saturated carbocycles. The third-order valence-corrected chi connectivity index (χ3v) is 3.69. The molecule has 1 aliphatic rings. The normalized spacial score (nSPS) is 24.1. The van der Waals surface area contributed by atoms with Crippen molar-refractivity contribution in [3.63, 3.8) is 0 Å². The summed E-state index contributed by atoms with van der Waals surface area (Å²) in [4.78, 5) is 0. The maximum atomic E-state index is 10.1. The minimum Gasteiger partial charge on any atom is -0.392 e. The van der Waals surface area contributed by atoms with Gasteiger partial charge in [0.1, 0.15) is 0 Å². The van der Waals surface area contributed by atoms with E-state index in [1.165, 1.54) is 6.42 Å². The van der Waals surface area contributed by atoms with Gasteiger partial charge in [-0.3, -0.25) is 0 Å². The van der Waals surface area contributed by atoms with E-state index < -0.39 is 0 Å². The standard InChI is InChI=1S/C14H17N3O/c18-14-9-5-4-8-12(14)13-10-15-16-17(13)11-6-2-1-3-7-11/h1-3,6-7,10,12,14,18H,4-5,8-9H2. The van der Waals surface area contributed by atoms with Crippen LogP contribution >= 0.6 is 0 Å². The van der Waals surface area contributed by atoms with Crippen LogP contribution in [0.4, 0.5) is 0 Å². The smallest absolute Gasteiger partial charge is 0.0733 e. The quantitative estimate of drug-likeness (QED) is 0.880. The van der Waals surface area contributed by atoms with E-state index in [1.54, 1.807) is 6.20 Å². The Kier molecular flexibility index (Phi) is 3.11. The van der Waals surface area contributed by atoms with Crippen molar-refractivity contribution < 1.29 is 5.11 Å². The number of aliphatic hydroxyl groups is 1. The van der Waals surface area contributed by atoms with Gasteiger partial charge in [-0.05, 0) is 25.0 Å². The van der Waals surface area contributed by atoms with Crippen molar-refractivity contribution in [2.24, 2.45) is 0 Å². The maximum Gasteiger partial charge on any atom is 0.0733 e. The lowest BCUT2D eigenvalue weighted by atomic mass is 9.84. The zero-order valence-electron chi connectivity index (χ0n) is 10.2. The summed E-state index contributed by atoms with van der Waals surface area (Å²) in [6.45, 7) is 0. The molecule has 0 radical (unpaired) electrons. The molecule has 18 heavy (non-hydrogen) atoms. The topological polar surface area (TPSA) is 50.9 Å². The Bertz CT molecular complexity index is 509. The Morgan fingerprint density at radius 3 is 2.67 bits per heavy atom. The summed E-state index contributed by atoms with van der Waals surface area (Å²) in [5.41, 5.74) is 2.02. The predicted molar refractivity (Wildman–Crippen MR) is 68.6 cm³/mol. The lowest BCUT2D eigenvalue weighted by molar-refractivity contribution is 0.103. The van der Waals surface area contributed by atoms with Crippen LogP contribution in [0.1, 0.15) is 37.3 Å². The Hall–Kier alpha value is -1.68. The van der Waals surface area contributed by atoms with Gasteiger partial charge < -0.3 is 5.11 Å². The van der Waals surface area contributed by atoms with Crippen molar-refractivity contribution in [3.8, 4) is 5.69 Å². The van der Waals surface area contributed by atoms with Crippen LogP contribution in [0.15, 0.2) is 36.5 Å². The van der Waals surface area contributed by atoms with E-state index >= 15 is 0 Å². The summed E-state index contributed by atoms with van der Waals surface area (Å²) < 4.78 is 1.85. The highest BCUT2D eigenvalue weighted by Gasteiger charge is 2.28. The lowest BCUT2D eigenvalue weighted by Gasteiger charge is -2.27. The molecule has 1 aromatic carbocycles. The molecule has 1 aliphatic carbocycles. The highest BCUT2D eigenvalue weighted by atomic mass is 16.3. The van der Waals surface area contributed by atoms with Crippen molar-refractivity contribution in [2.75, 3.05) is 0 Å². The predicted octanol–water partition coefficient (Wildman–Crippen LogP) is 2.29. The molecule has 0 amide bonds. The molecule has 1 N–H and O–H groups in total. The second-order valence-corrected chi connectivity index (χ2v) is 4.86. The van der Waals surface area contributed by atoms with E-state index in [2.05, 4.69) is 10.3 Å². The molecule has 2 atom stereocenters. The highest BCUT2D eigenvalue weighted by Crippen LogP contribution is 2.33. The Balaban J connectivity index is 1.96. The molecular weight excluding hydrogens is 226 g/mol. The Morgan fingerprint density at radius 2 is 1.89 bits per heavy atom. The third kappa shape index (κ3) is 2.04. The molecule has 4 heteroatoms. The summed E-state index contributed by atoms with van der Waals surface area (Å²) in [5, 5.41) is 18.3. The molecule has 4 nitrogen and oxygen atoms in total. The van der Waals surface area contributed by atoms with Crippen molar-refractivity contribution in [1.82, 2.24) is 15.0 Å². The largest absolute Gasteiger partial charge is 0.392 e. The Labute approximate surface area is 106 Å². The fraction of sp³-hybridized carbons (Fsp3) is 0.429. The van der Waals surface area contributed by atoms with E-state index in [0.29, 0.717) is 0 Å². The molecule has 3 rings (SSSR count). The zero-order chi connectivity index (χ0) is 12.4. The maximum absolute atomic E-state index is 10.1.